The maximum Gasteiger partial charge on any atom is 0.224 e. The third-order valence-corrected chi connectivity index (χ3v) is 3.42. The molecule has 0 amide bonds. The molecule has 1 heterocycles. The van der Waals surface area contributed by atoms with Gasteiger partial charge in [-0.2, -0.15) is 0 Å². The number of thiocarbonyl (C=S) groups is 1. The molecule has 0 aliphatic heterocycles. The Morgan fingerprint density at radius 3 is 2.89 bits per heavy atom. The standard InChI is InChI=1S/C14H20N2O2S/c1-2-17-7-8-18-14-11(13(15)19)9-10-5-3-4-6-12(10)16-14/h9H,2-8H2,1H3,(H2,15,19). The van der Waals surface area contributed by atoms with Crippen LogP contribution in [0.1, 0.15) is 36.6 Å². The minimum Gasteiger partial charge on any atom is -0.475 e. The predicted molar refractivity (Wildman–Crippen MR) is 78.8 cm³/mol. The molecule has 0 spiro atoms. The molecule has 0 atom stereocenters. The molecule has 104 valence electrons. The number of ether oxygens (including phenoxy) is 2. The molecule has 2 rings (SSSR count). The Kier molecular flexibility index (Phi) is 5.10. The van der Waals surface area contributed by atoms with Crippen molar-refractivity contribution >= 4 is 17.2 Å². The molecule has 1 aromatic rings. The summed E-state index contributed by atoms with van der Waals surface area (Å²) in [4.78, 5) is 4.93. The van der Waals surface area contributed by atoms with Crippen molar-refractivity contribution < 1.29 is 9.47 Å². The zero-order chi connectivity index (χ0) is 13.7. The first-order valence-electron chi connectivity index (χ1n) is 6.75. The van der Waals surface area contributed by atoms with Crippen molar-refractivity contribution in [2.45, 2.75) is 32.6 Å². The lowest BCUT2D eigenvalue weighted by atomic mass is 9.95. The molecule has 0 fully saturated rings. The Morgan fingerprint density at radius 1 is 1.37 bits per heavy atom. The Balaban J connectivity index is 2.17. The third kappa shape index (κ3) is 3.64. The van der Waals surface area contributed by atoms with E-state index in [1.54, 1.807) is 0 Å². The summed E-state index contributed by atoms with van der Waals surface area (Å²) in [6.45, 7) is 3.65. The second-order valence-electron chi connectivity index (χ2n) is 4.56. The molecule has 5 heteroatoms. The number of fused-ring (bicyclic) bond motifs is 1. The number of nitrogens with two attached hydrogens (primary N) is 1. The van der Waals surface area contributed by atoms with Gasteiger partial charge >= 0.3 is 0 Å². The molecule has 19 heavy (non-hydrogen) atoms. The number of nitrogens with zero attached hydrogens (tertiary/aromatic N) is 1. The fourth-order valence-electron chi connectivity index (χ4n) is 2.24. The first-order valence-corrected chi connectivity index (χ1v) is 7.16. The van der Waals surface area contributed by atoms with Crippen LogP contribution in [0.25, 0.3) is 0 Å². The maximum absolute atomic E-state index is 5.76. The molecule has 0 saturated heterocycles. The molecule has 1 aromatic heterocycles. The van der Waals surface area contributed by atoms with Gasteiger partial charge in [-0.15, -0.1) is 0 Å². The van der Waals surface area contributed by atoms with E-state index in [0.717, 1.165) is 24.1 Å². The van der Waals surface area contributed by atoms with Gasteiger partial charge in [0.1, 0.15) is 11.6 Å². The SMILES string of the molecule is CCOCCOc1nc2c(cc1C(N)=S)CCCC2. The van der Waals surface area contributed by atoms with Crippen molar-refractivity contribution in [2.24, 2.45) is 5.73 Å². The van der Waals surface area contributed by atoms with Gasteiger partial charge in [-0.25, -0.2) is 4.98 Å². The molecular formula is C14H20N2O2S. The number of aryl methyl sites for hydroxylation is 2. The largest absolute Gasteiger partial charge is 0.475 e. The fourth-order valence-corrected chi connectivity index (χ4v) is 2.39. The summed E-state index contributed by atoms with van der Waals surface area (Å²) in [7, 11) is 0. The topological polar surface area (TPSA) is 57.4 Å². The summed E-state index contributed by atoms with van der Waals surface area (Å²) >= 11 is 5.08. The smallest absolute Gasteiger partial charge is 0.224 e. The first-order chi connectivity index (χ1) is 9.22. The van der Waals surface area contributed by atoms with Crippen LogP contribution < -0.4 is 10.5 Å². The van der Waals surface area contributed by atoms with Crippen LogP contribution in [0, 0.1) is 0 Å². The van der Waals surface area contributed by atoms with Crippen LogP contribution >= 0.6 is 12.2 Å². The predicted octanol–water partition coefficient (Wildman–Crippen LogP) is 2.01. The number of rotatable bonds is 6. The van der Waals surface area contributed by atoms with Crippen LogP contribution in [-0.4, -0.2) is 29.8 Å². The zero-order valence-electron chi connectivity index (χ0n) is 11.3. The lowest BCUT2D eigenvalue weighted by molar-refractivity contribution is 0.108. The van der Waals surface area contributed by atoms with E-state index in [9.17, 15) is 0 Å². The average molecular weight is 280 g/mol. The molecule has 0 unspecified atom stereocenters. The van der Waals surface area contributed by atoms with E-state index in [2.05, 4.69) is 4.98 Å². The maximum atomic E-state index is 5.76. The van der Waals surface area contributed by atoms with E-state index >= 15 is 0 Å². The molecule has 1 aliphatic carbocycles. The molecule has 0 saturated carbocycles. The zero-order valence-corrected chi connectivity index (χ0v) is 12.1. The van der Waals surface area contributed by atoms with Gasteiger partial charge in [0, 0.05) is 12.3 Å². The van der Waals surface area contributed by atoms with Gasteiger partial charge in [-0.1, -0.05) is 12.2 Å². The van der Waals surface area contributed by atoms with Crippen molar-refractivity contribution in [3.05, 3.63) is 22.9 Å². The number of pyridine rings is 1. The van der Waals surface area contributed by atoms with Crippen molar-refractivity contribution in [2.75, 3.05) is 19.8 Å². The Bertz CT molecular complexity index is 463. The highest BCUT2D eigenvalue weighted by molar-refractivity contribution is 7.80. The van der Waals surface area contributed by atoms with E-state index in [1.807, 2.05) is 13.0 Å². The van der Waals surface area contributed by atoms with Crippen molar-refractivity contribution in [3.63, 3.8) is 0 Å². The second kappa shape index (κ2) is 6.82. The van der Waals surface area contributed by atoms with Crippen molar-refractivity contribution in [3.8, 4) is 5.88 Å². The van der Waals surface area contributed by atoms with E-state index in [-0.39, 0.29) is 0 Å². The number of hydrogen-bond acceptors (Lipinski definition) is 4. The monoisotopic (exact) mass is 280 g/mol. The Morgan fingerprint density at radius 2 is 2.16 bits per heavy atom. The molecular weight excluding hydrogens is 260 g/mol. The molecule has 0 radical (unpaired) electrons. The number of hydrogen-bond donors (Lipinski definition) is 1. The average Bonchev–Trinajstić information content (AvgIpc) is 2.42. The van der Waals surface area contributed by atoms with Crippen LogP contribution in [0.15, 0.2) is 6.07 Å². The lowest BCUT2D eigenvalue weighted by Gasteiger charge is -2.18. The Hall–Kier alpha value is -1.20. The minimum absolute atomic E-state index is 0.340. The van der Waals surface area contributed by atoms with Crippen LogP contribution in [0.2, 0.25) is 0 Å². The van der Waals surface area contributed by atoms with Gasteiger partial charge in [0.15, 0.2) is 0 Å². The van der Waals surface area contributed by atoms with Gasteiger partial charge in [0.2, 0.25) is 5.88 Å². The third-order valence-electron chi connectivity index (χ3n) is 3.20. The van der Waals surface area contributed by atoms with Gasteiger partial charge < -0.3 is 15.2 Å². The summed E-state index contributed by atoms with van der Waals surface area (Å²) in [6, 6.07) is 2.04. The highest BCUT2D eigenvalue weighted by atomic mass is 32.1. The minimum atomic E-state index is 0.340. The van der Waals surface area contributed by atoms with E-state index in [4.69, 9.17) is 27.4 Å². The van der Waals surface area contributed by atoms with Crippen LogP contribution in [0.4, 0.5) is 0 Å². The first kappa shape index (κ1) is 14.2. The van der Waals surface area contributed by atoms with Crippen molar-refractivity contribution in [1.29, 1.82) is 0 Å². The normalized spacial score (nSPS) is 13.9. The van der Waals surface area contributed by atoms with E-state index < -0.39 is 0 Å². The summed E-state index contributed by atoms with van der Waals surface area (Å²) in [5, 5.41) is 0. The second-order valence-corrected chi connectivity index (χ2v) is 5.00. The summed E-state index contributed by atoms with van der Waals surface area (Å²) < 4.78 is 10.9. The van der Waals surface area contributed by atoms with Gasteiger partial charge in [0.05, 0.1) is 12.2 Å². The van der Waals surface area contributed by atoms with Crippen LogP contribution in [0.3, 0.4) is 0 Å². The summed E-state index contributed by atoms with van der Waals surface area (Å²) in [5.74, 6) is 0.549. The molecule has 2 N–H and O–H groups in total. The number of aromatic nitrogens is 1. The van der Waals surface area contributed by atoms with Gasteiger partial charge in [0.25, 0.3) is 0 Å². The fraction of sp³-hybridized carbons (Fsp3) is 0.571. The lowest BCUT2D eigenvalue weighted by Crippen LogP contribution is -2.18. The summed E-state index contributed by atoms with van der Waals surface area (Å²) in [5.41, 5.74) is 8.88. The van der Waals surface area contributed by atoms with E-state index in [0.29, 0.717) is 30.7 Å². The van der Waals surface area contributed by atoms with Crippen LogP contribution in [-0.2, 0) is 17.6 Å². The molecule has 0 bridgehead atoms. The molecule has 1 aliphatic rings. The molecule has 0 aromatic carbocycles. The van der Waals surface area contributed by atoms with E-state index in [1.165, 1.54) is 18.4 Å². The Labute approximate surface area is 119 Å². The highest BCUT2D eigenvalue weighted by Gasteiger charge is 2.17. The van der Waals surface area contributed by atoms with Crippen LogP contribution in [0.5, 0.6) is 5.88 Å². The van der Waals surface area contributed by atoms with Crippen molar-refractivity contribution in [1.82, 2.24) is 4.98 Å². The van der Waals surface area contributed by atoms with Gasteiger partial charge in [-0.3, -0.25) is 0 Å². The summed E-state index contributed by atoms with van der Waals surface area (Å²) in [6.07, 6.45) is 4.45. The quantitative estimate of drug-likeness (QED) is 0.638. The van der Waals surface area contributed by atoms with Gasteiger partial charge in [-0.05, 0) is 44.2 Å². The molecule has 4 nitrogen and oxygen atoms in total. The highest BCUT2D eigenvalue weighted by Crippen LogP contribution is 2.26.